The van der Waals surface area contributed by atoms with E-state index in [-0.39, 0.29) is 5.75 Å². The van der Waals surface area contributed by atoms with Gasteiger partial charge in [0.1, 0.15) is 17.0 Å². The van der Waals surface area contributed by atoms with E-state index in [2.05, 4.69) is 10.1 Å². The first-order chi connectivity index (χ1) is 9.26. The smallest absolute Gasteiger partial charge is 0.330 e. The quantitative estimate of drug-likeness (QED) is 0.793. The number of nitrogens with one attached hydrogen (secondary N) is 1. The van der Waals surface area contributed by atoms with E-state index >= 15 is 0 Å². The first kappa shape index (κ1) is 15.8. The average molecular weight is 281 g/mol. The normalized spacial score (nSPS) is 12.4. The Morgan fingerprint density at radius 2 is 1.80 bits per heavy atom. The molecule has 0 spiro atoms. The SMILES string of the molecule is COC(=O)C(C)(C)NC(=O)C(C)Oc1ccc(O)cc1. The number of ether oxygens (including phenoxy) is 2. The number of phenolic OH excluding ortho intramolecular Hbond substituents is 1. The third kappa shape index (κ3) is 4.15. The van der Waals surface area contributed by atoms with Crippen LogP contribution in [0.2, 0.25) is 0 Å². The zero-order valence-corrected chi connectivity index (χ0v) is 12.0. The van der Waals surface area contributed by atoms with E-state index in [4.69, 9.17) is 9.84 Å². The van der Waals surface area contributed by atoms with E-state index in [0.29, 0.717) is 5.75 Å². The van der Waals surface area contributed by atoms with Crippen molar-refractivity contribution in [3.05, 3.63) is 24.3 Å². The minimum Gasteiger partial charge on any atom is -0.508 e. The van der Waals surface area contributed by atoms with Gasteiger partial charge in [-0.25, -0.2) is 4.79 Å². The third-order valence-electron chi connectivity index (χ3n) is 2.65. The molecule has 0 aliphatic rings. The van der Waals surface area contributed by atoms with Crippen LogP contribution in [0.4, 0.5) is 0 Å². The van der Waals surface area contributed by atoms with Crippen molar-refractivity contribution in [3.8, 4) is 11.5 Å². The Hall–Kier alpha value is -2.24. The van der Waals surface area contributed by atoms with Gasteiger partial charge in [0, 0.05) is 0 Å². The standard InChI is InChI=1S/C14H19NO5/c1-9(20-11-7-5-10(16)6-8-11)12(17)15-14(2,3)13(18)19-4/h5-9,16H,1-4H3,(H,15,17). The van der Waals surface area contributed by atoms with Gasteiger partial charge in [0.25, 0.3) is 5.91 Å². The molecule has 0 saturated carbocycles. The maximum atomic E-state index is 12.0. The van der Waals surface area contributed by atoms with Gasteiger partial charge in [0.05, 0.1) is 7.11 Å². The Morgan fingerprint density at radius 3 is 2.30 bits per heavy atom. The number of phenols is 1. The Bertz CT molecular complexity index is 481. The lowest BCUT2D eigenvalue weighted by molar-refractivity contribution is -0.150. The number of rotatable bonds is 5. The molecule has 6 nitrogen and oxygen atoms in total. The second-order valence-corrected chi connectivity index (χ2v) is 4.86. The first-order valence-corrected chi connectivity index (χ1v) is 6.12. The summed E-state index contributed by atoms with van der Waals surface area (Å²) in [5, 5.41) is 11.7. The summed E-state index contributed by atoms with van der Waals surface area (Å²) in [6.45, 7) is 4.66. The molecule has 1 unspecified atom stereocenters. The predicted octanol–water partition coefficient (Wildman–Crippen LogP) is 1.23. The molecule has 2 N–H and O–H groups in total. The van der Waals surface area contributed by atoms with E-state index in [1.165, 1.54) is 19.2 Å². The molecule has 0 heterocycles. The Kier molecular flexibility index (Phi) is 4.96. The van der Waals surface area contributed by atoms with Crippen LogP contribution >= 0.6 is 0 Å². The number of hydrogen-bond donors (Lipinski definition) is 2. The highest BCUT2D eigenvalue weighted by molar-refractivity contribution is 5.89. The fourth-order valence-electron chi connectivity index (χ4n) is 1.50. The van der Waals surface area contributed by atoms with Crippen molar-refractivity contribution < 1.29 is 24.2 Å². The van der Waals surface area contributed by atoms with Crippen molar-refractivity contribution in [2.75, 3.05) is 7.11 Å². The van der Waals surface area contributed by atoms with Gasteiger partial charge >= 0.3 is 5.97 Å². The molecule has 0 radical (unpaired) electrons. The number of carbonyl (C=O) groups excluding carboxylic acids is 2. The van der Waals surface area contributed by atoms with Gasteiger partial charge in [0.2, 0.25) is 0 Å². The number of amides is 1. The van der Waals surface area contributed by atoms with Crippen LogP contribution in [0.3, 0.4) is 0 Å². The highest BCUT2D eigenvalue weighted by Crippen LogP contribution is 2.17. The molecule has 0 bridgehead atoms. The topological polar surface area (TPSA) is 84.9 Å². The molecule has 0 aromatic heterocycles. The molecule has 1 aromatic carbocycles. The first-order valence-electron chi connectivity index (χ1n) is 6.12. The molecule has 110 valence electrons. The molecule has 1 aromatic rings. The molecular weight excluding hydrogens is 262 g/mol. The number of methoxy groups -OCH3 is 1. The van der Waals surface area contributed by atoms with Gasteiger partial charge < -0.3 is 19.9 Å². The van der Waals surface area contributed by atoms with E-state index in [9.17, 15) is 9.59 Å². The van der Waals surface area contributed by atoms with Crippen LogP contribution in [0, 0.1) is 0 Å². The molecule has 20 heavy (non-hydrogen) atoms. The molecule has 1 amide bonds. The van der Waals surface area contributed by atoms with Crippen LogP contribution in [-0.2, 0) is 14.3 Å². The van der Waals surface area contributed by atoms with Crippen LogP contribution in [0.25, 0.3) is 0 Å². The van der Waals surface area contributed by atoms with Crippen LogP contribution in [0.5, 0.6) is 11.5 Å². The van der Waals surface area contributed by atoms with Crippen LogP contribution in [0.15, 0.2) is 24.3 Å². The summed E-state index contributed by atoms with van der Waals surface area (Å²) in [5.41, 5.74) is -1.13. The van der Waals surface area contributed by atoms with E-state index < -0.39 is 23.5 Å². The van der Waals surface area contributed by atoms with E-state index in [0.717, 1.165) is 0 Å². The molecule has 0 saturated heterocycles. The molecule has 6 heteroatoms. The van der Waals surface area contributed by atoms with Crippen LogP contribution in [-0.4, -0.2) is 35.7 Å². The fourth-order valence-corrected chi connectivity index (χ4v) is 1.50. The van der Waals surface area contributed by atoms with Crippen molar-refractivity contribution in [1.82, 2.24) is 5.32 Å². The van der Waals surface area contributed by atoms with Crippen molar-refractivity contribution >= 4 is 11.9 Å². The van der Waals surface area contributed by atoms with Gasteiger partial charge in [-0.15, -0.1) is 0 Å². The van der Waals surface area contributed by atoms with Gasteiger partial charge in [-0.1, -0.05) is 0 Å². The third-order valence-corrected chi connectivity index (χ3v) is 2.65. The minimum absolute atomic E-state index is 0.112. The van der Waals surface area contributed by atoms with E-state index in [1.54, 1.807) is 32.9 Å². The summed E-state index contributed by atoms with van der Waals surface area (Å²) in [4.78, 5) is 23.4. The van der Waals surface area contributed by atoms with Crippen molar-refractivity contribution in [2.45, 2.75) is 32.4 Å². The lowest BCUT2D eigenvalue weighted by Gasteiger charge is -2.25. The molecule has 1 atom stereocenters. The number of hydrogen-bond acceptors (Lipinski definition) is 5. The predicted molar refractivity (Wildman–Crippen MR) is 72.4 cm³/mol. The van der Waals surface area contributed by atoms with Crippen molar-refractivity contribution in [1.29, 1.82) is 0 Å². The molecule has 0 aliphatic heterocycles. The maximum absolute atomic E-state index is 12.0. The van der Waals surface area contributed by atoms with E-state index in [1.807, 2.05) is 0 Å². The lowest BCUT2D eigenvalue weighted by Crippen LogP contribution is -2.53. The monoisotopic (exact) mass is 281 g/mol. The van der Waals surface area contributed by atoms with Crippen LogP contribution < -0.4 is 10.1 Å². The zero-order valence-electron chi connectivity index (χ0n) is 12.0. The molecule has 1 rings (SSSR count). The number of benzene rings is 1. The summed E-state index contributed by atoms with van der Waals surface area (Å²) >= 11 is 0. The second-order valence-electron chi connectivity index (χ2n) is 4.86. The van der Waals surface area contributed by atoms with Gasteiger partial charge in [0.15, 0.2) is 6.10 Å². The highest BCUT2D eigenvalue weighted by atomic mass is 16.5. The lowest BCUT2D eigenvalue weighted by atomic mass is 10.1. The minimum atomic E-state index is -1.13. The zero-order chi connectivity index (χ0) is 15.3. The summed E-state index contributed by atoms with van der Waals surface area (Å²) in [6, 6.07) is 6.01. The van der Waals surface area contributed by atoms with Crippen molar-refractivity contribution in [3.63, 3.8) is 0 Å². The average Bonchev–Trinajstić information content (AvgIpc) is 2.39. The second kappa shape index (κ2) is 6.27. The molecular formula is C14H19NO5. The summed E-state index contributed by atoms with van der Waals surface area (Å²) in [7, 11) is 1.26. The number of aromatic hydroxyl groups is 1. The molecule has 0 fully saturated rings. The van der Waals surface area contributed by atoms with Crippen molar-refractivity contribution in [2.24, 2.45) is 0 Å². The summed E-state index contributed by atoms with van der Waals surface area (Å²) < 4.78 is 10.0. The van der Waals surface area contributed by atoms with Gasteiger partial charge in [-0.2, -0.15) is 0 Å². The number of esters is 1. The Labute approximate surface area is 117 Å². The van der Waals surface area contributed by atoms with Gasteiger partial charge in [-0.05, 0) is 45.0 Å². The highest BCUT2D eigenvalue weighted by Gasteiger charge is 2.32. The Morgan fingerprint density at radius 1 is 1.25 bits per heavy atom. The maximum Gasteiger partial charge on any atom is 0.330 e. The Balaban J connectivity index is 2.63. The molecule has 0 aliphatic carbocycles. The summed E-state index contributed by atoms with van der Waals surface area (Å²) in [6.07, 6.45) is -0.788. The van der Waals surface area contributed by atoms with Crippen LogP contribution in [0.1, 0.15) is 20.8 Å². The largest absolute Gasteiger partial charge is 0.508 e. The fraction of sp³-hybridized carbons (Fsp3) is 0.429. The summed E-state index contributed by atoms with van der Waals surface area (Å²) in [5.74, 6) is -0.418. The number of carbonyl (C=O) groups is 2. The van der Waals surface area contributed by atoms with Gasteiger partial charge in [-0.3, -0.25) is 4.79 Å².